The van der Waals surface area contributed by atoms with E-state index in [0.717, 1.165) is 11.3 Å². The summed E-state index contributed by atoms with van der Waals surface area (Å²) in [6, 6.07) is 5.43. The van der Waals surface area contributed by atoms with Crippen LogP contribution in [-0.2, 0) is 4.79 Å². The van der Waals surface area contributed by atoms with Crippen LogP contribution in [0.1, 0.15) is 19.4 Å². The molecule has 0 heterocycles. The lowest BCUT2D eigenvalue weighted by Gasteiger charge is -2.10. The van der Waals surface area contributed by atoms with Crippen LogP contribution in [-0.4, -0.2) is 32.3 Å². The van der Waals surface area contributed by atoms with E-state index in [1.807, 2.05) is 13.0 Å². The smallest absolute Gasteiger partial charge is 0.167 e. The van der Waals surface area contributed by atoms with Crippen molar-refractivity contribution in [2.24, 2.45) is 4.99 Å². The Morgan fingerprint density at radius 3 is 2.59 bits per heavy atom. The second kappa shape index (κ2) is 6.03. The van der Waals surface area contributed by atoms with Crippen molar-refractivity contribution < 1.29 is 14.3 Å². The van der Waals surface area contributed by atoms with E-state index in [0.29, 0.717) is 11.5 Å². The zero-order chi connectivity index (χ0) is 12.8. The Balaban J connectivity index is 2.96. The topological polar surface area (TPSA) is 47.9 Å². The Kier molecular flexibility index (Phi) is 4.69. The predicted octanol–water partition coefficient (Wildman–Crippen LogP) is 2.10. The zero-order valence-corrected chi connectivity index (χ0v) is 10.6. The van der Waals surface area contributed by atoms with E-state index in [-0.39, 0.29) is 12.4 Å². The molecule has 17 heavy (non-hydrogen) atoms. The van der Waals surface area contributed by atoms with Crippen LogP contribution in [0.25, 0.3) is 0 Å². The van der Waals surface area contributed by atoms with Crippen molar-refractivity contribution in [2.75, 3.05) is 20.8 Å². The van der Waals surface area contributed by atoms with Crippen LogP contribution in [0, 0.1) is 0 Å². The number of ether oxygens (including phenoxy) is 2. The molecular formula is C13H17NO3. The fourth-order valence-electron chi connectivity index (χ4n) is 1.37. The average Bonchev–Trinajstić information content (AvgIpc) is 2.34. The van der Waals surface area contributed by atoms with Crippen molar-refractivity contribution >= 4 is 11.5 Å². The highest BCUT2D eigenvalue weighted by Crippen LogP contribution is 2.25. The van der Waals surface area contributed by atoms with Gasteiger partial charge in [0.15, 0.2) is 5.78 Å². The minimum atomic E-state index is -0.0145. The van der Waals surface area contributed by atoms with Crippen molar-refractivity contribution in [1.82, 2.24) is 0 Å². The van der Waals surface area contributed by atoms with Gasteiger partial charge in [0.2, 0.25) is 0 Å². The number of ketones is 1. The van der Waals surface area contributed by atoms with Crippen molar-refractivity contribution in [3.05, 3.63) is 23.8 Å². The second-order valence-corrected chi connectivity index (χ2v) is 3.66. The van der Waals surface area contributed by atoms with Gasteiger partial charge in [0.25, 0.3) is 0 Å². The van der Waals surface area contributed by atoms with Crippen LogP contribution < -0.4 is 9.47 Å². The molecular weight excluding hydrogens is 218 g/mol. The minimum Gasteiger partial charge on any atom is -0.496 e. The molecule has 0 unspecified atom stereocenters. The molecule has 0 spiro atoms. The van der Waals surface area contributed by atoms with Crippen LogP contribution in [0.15, 0.2) is 23.2 Å². The van der Waals surface area contributed by atoms with Gasteiger partial charge in [-0.2, -0.15) is 0 Å². The normalized spacial score (nSPS) is 11.2. The molecule has 92 valence electrons. The van der Waals surface area contributed by atoms with E-state index in [1.165, 1.54) is 6.92 Å². The number of benzene rings is 1. The van der Waals surface area contributed by atoms with Gasteiger partial charge in [-0.25, -0.2) is 0 Å². The van der Waals surface area contributed by atoms with Gasteiger partial charge in [0, 0.05) is 24.4 Å². The maximum absolute atomic E-state index is 10.8. The first-order valence-electron chi connectivity index (χ1n) is 5.32. The summed E-state index contributed by atoms with van der Waals surface area (Å²) in [6.07, 6.45) is 0. The van der Waals surface area contributed by atoms with Gasteiger partial charge in [-0.3, -0.25) is 9.79 Å². The third-order valence-electron chi connectivity index (χ3n) is 2.34. The largest absolute Gasteiger partial charge is 0.496 e. The number of carbonyl (C=O) groups excluding carboxylic acids is 1. The molecule has 0 bridgehead atoms. The molecule has 0 aliphatic heterocycles. The molecule has 0 saturated carbocycles. The van der Waals surface area contributed by atoms with E-state index in [1.54, 1.807) is 26.3 Å². The summed E-state index contributed by atoms with van der Waals surface area (Å²) in [5, 5.41) is 0. The number of aliphatic imine (C=N–C) groups is 1. The standard InChI is InChI=1S/C13H17NO3/c1-9(15)8-17-11-5-6-12(10(2)14-3)13(7-11)16-4/h5-7H,8H2,1-4H3. The highest BCUT2D eigenvalue weighted by molar-refractivity contribution is 6.01. The monoisotopic (exact) mass is 235 g/mol. The van der Waals surface area contributed by atoms with Crippen LogP contribution in [0.5, 0.6) is 11.5 Å². The third-order valence-corrected chi connectivity index (χ3v) is 2.34. The first kappa shape index (κ1) is 13.2. The molecule has 0 aromatic heterocycles. The van der Waals surface area contributed by atoms with Crippen molar-refractivity contribution in [2.45, 2.75) is 13.8 Å². The number of nitrogens with zero attached hydrogens (tertiary/aromatic N) is 1. The van der Waals surface area contributed by atoms with Crippen molar-refractivity contribution in [3.8, 4) is 11.5 Å². The highest BCUT2D eigenvalue weighted by atomic mass is 16.5. The zero-order valence-electron chi connectivity index (χ0n) is 10.6. The molecule has 0 atom stereocenters. The Labute approximate surface area is 101 Å². The van der Waals surface area contributed by atoms with Gasteiger partial charge >= 0.3 is 0 Å². The van der Waals surface area contributed by atoms with Crippen LogP contribution in [0.3, 0.4) is 0 Å². The number of hydrogen-bond acceptors (Lipinski definition) is 4. The van der Waals surface area contributed by atoms with E-state index in [9.17, 15) is 4.79 Å². The lowest BCUT2D eigenvalue weighted by molar-refractivity contribution is -0.118. The molecule has 0 aliphatic carbocycles. The molecule has 4 heteroatoms. The molecule has 0 aliphatic rings. The Hall–Kier alpha value is -1.84. The van der Waals surface area contributed by atoms with E-state index < -0.39 is 0 Å². The summed E-state index contributed by atoms with van der Waals surface area (Å²) in [5.74, 6) is 1.29. The molecule has 0 N–H and O–H groups in total. The highest BCUT2D eigenvalue weighted by Gasteiger charge is 2.07. The lowest BCUT2D eigenvalue weighted by atomic mass is 10.1. The number of carbonyl (C=O) groups is 1. The molecule has 1 rings (SSSR count). The molecule has 0 saturated heterocycles. The van der Waals surface area contributed by atoms with Gasteiger partial charge in [0.05, 0.1) is 7.11 Å². The molecule has 0 fully saturated rings. The summed E-state index contributed by atoms with van der Waals surface area (Å²) >= 11 is 0. The Morgan fingerprint density at radius 2 is 2.06 bits per heavy atom. The third kappa shape index (κ3) is 3.59. The summed E-state index contributed by atoms with van der Waals surface area (Å²) in [4.78, 5) is 14.9. The predicted molar refractivity (Wildman–Crippen MR) is 67.3 cm³/mol. The Bertz CT molecular complexity index is 438. The van der Waals surface area contributed by atoms with Crippen molar-refractivity contribution in [1.29, 1.82) is 0 Å². The fourth-order valence-corrected chi connectivity index (χ4v) is 1.37. The second-order valence-electron chi connectivity index (χ2n) is 3.66. The lowest BCUT2D eigenvalue weighted by Crippen LogP contribution is -2.07. The number of hydrogen-bond donors (Lipinski definition) is 0. The molecule has 1 aromatic carbocycles. The first-order chi connectivity index (χ1) is 8.08. The molecule has 0 amide bonds. The number of methoxy groups -OCH3 is 1. The van der Waals surface area contributed by atoms with Gasteiger partial charge < -0.3 is 9.47 Å². The fraction of sp³-hybridized carbons (Fsp3) is 0.385. The molecule has 4 nitrogen and oxygen atoms in total. The summed E-state index contributed by atoms with van der Waals surface area (Å²) in [6.45, 7) is 3.47. The summed E-state index contributed by atoms with van der Waals surface area (Å²) in [7, 11) is 3.32. The quantitative estimate of drug-likeness (QED) is 0.734. The molecule has 1 aromatic rings. The maximum Gasteiger partial charge on any atom is 0.167 e. The number of rotatable bonds is 5. The van der Waals surface area contributed by atoms with Gasteiger partial charge in [-0.05, 0) is 26.0 Å². The van der Waals surface area contributed by atoms with E-state index in [4.69, 9.17) is 9.47 Å². The van der Waals surface area contributed by atoms with E-state index >= 15 is 0 Å². The minimum absolute atomic E-state index is 0.0145. The summed E-state index contributed by atoms with van der Waals surface area (Å²) < 4.78 is 10.6. The summed E-state index contributed by atoms with van der Waals surface area (Å²) in [5.41, 5.74) is 1.81. The first-order valence-corrected chi connectivity index (χ1v) is 5.32. The van der Waals surface area contributed by atoms with Crippen molar-refractivity contribution in [3.63, 3.8) is 0 Å². The van der Waals surface area contributed by atoms with Gasteiger partial charge in [-0.1, -0.05) is 0 Å². The SMILES string of the molecule is CN=C(C)c1ccc(OCC(C)=O)cc1OC. The molecule has 0 radical (unpaired) electrons. The number of Topliss-reactive ketones (excluding diaryl/α,β-unsaturated/α-hetero) is 1. The van der Waals surface area contributed by atoms with Crippen LogP contribution in [0.4, 0.5) is 0 Å². The maximum atomic E-state index is 10.8. The van der Waals surface area contributed by atoms with Gasteiger partial charge in [-0.15, -0.1) is 0 Å². The average molecular weight is 235 g/mol. The Morgan fingerprint density at radius 1 is 1.35 bits per heavy atom. The van der Waals surface area contributed by atoms with E-state index in [2.05, 4.69) is 4.99 Å². The van der Waals surface area contributed by atoms with Crippen LogP contribution >= 0.6 is 0 Å². The van der Waals surface area contributed by atoms with Gasteiger partial charge in [0.1, 0.15) is 18.1 Å². The van der Waals surface area contributed by atoms with Crippen LogP contribution in [0.2, 0.25) is 0 Å².